The van der Waals surface area contributed by atoms with Crippen LogP contribution < -0.4 is 10.1 Å². The summed E-state index contributed by atoms with van der Waals surface area (Å²) >= 11 is 0. The Kier molecular flexibility index (Phi) is 8.40. The summed E-state index contributed by atoms with van der Waals surface area (Å²) in [4.78, 5) is 19.1. The first-order valence-electron chi connectivity index (χ1n) is 10.7. The lowest BCUT2D eigenvalue weighted by atomic mass is 10.1. The number of benzene rings is 2. The van der Waals surface area contributed by atoms with Gasteiger partial charge in [-0.3, -0.25) is 14.6 Å². The van der Waals surface area contributed by atoms with E-state index >= 15 is 0 Å². The van der Waals surface area contributed by atoms with Crippen LogP contribution in [0.2, 0.25) is 0 Å². The first-order valence-corrected chi connectivity index (χ1v) is 10.7. The predicted octanol–water partition coefficient (Wildman–Crippen LogP) is 2.37. The van der Waals surface area contributed by atoms with Gasteiger partial charge in [0, 0.05) is 44.8 Å². The van der Waals surface area contributed by atoms with Gasteiger partial charge in [0.05, 0.1) is 19.7 Å². The van der Waals surface area contributed by atoms with Crippen molar-refractivity contribution in [3.8, 4) is 5.75 Å². The van der Waals surface area contributed by atoms with Gasteiger partial charge in [0.1, 0.15) is 11.6 Å². The maximum atomic E-state index is 13.6. The minimum atomic E-state index is -0.252. The number of ether oxygens (including phenoxy) is 1. The molecular weight excluding hydrogens is 395 g/mol. The molecule has 3 rings (SSSR count). The quantitative estimate of drug-likeness (QED) is 0.665. The van der Waals surface area contributed by atoms with Crippen LogP contribution in [0.3, 0.4) is 0 Å². The van der Waals surface area contributed by atoms with Gasteiger partial charge in [-0.05, 0) is 37.9 Å². The summed E-state index contributed by atoms with van der Waals surface area (Å²) in [6.07, 6.45) is 0. The van der Waals surface area contributed by atoms with Crippen molar-refractivity contribution in [1.82, 2.24) is 20.0 Å². The van der Waals surface area contributed by atoms with Crippen LogP contribution in [0.4, 0.5) is 4.39 Å². The molecule has 1 fully saturated rings. The SMILES string of the molecule is COc1ccc(F)cc1CN1CCN(CC(=O)NCC(c2ccccc2)N(C)C)CC1. The Morgan fingerprint density at radius 2 is 1.77 bits per heavy atom. The number of nitrogens with one attached hydrogen (secondary N) is 1. The molecule has 0 radical (unpaired) electrons. The van der Waals surface area contributed by atoms with E-state index in [1.807, 2.05) is 32.3 Å². The van der Waals surface area contributed by atoms with Crippen LogP contribution in [0, 0.1) is 5.82 Å². The van der Waals surface area contributed by atoms with Gasteiger partial charge < -0.3 is 15.0 Å². The fraction of sp³-hybridized carbons (Fsp3) is 0.458. The van der Waals surface area contributed by atoms with E-state index in [0.29, 0.717) is 25.4 Å². The lowest BCUT2D eigenvalue weighted by molar-refractivity contribution is -0.122. The average Bonchev–Trinajstić information content (AvgIpc) is 2.76. The number of rotatable bonds is 9. The van der Waals surface area contributed by atoms with E-state index in [1.54, 1.807) is 13.2 Å². The van der Waals surface area contributed by atoms with Crippen molar-refractivity contribution in [1.29, 1.82) is 0 Å². The van der Waals surface area contributed by atoms with E-state index in [9.17, 15) is 9.18 Å². The molecule has 0 saturated carbocycles. The second-order valence-electron chi connectivity index (χ2n) is 8.20. The molecule has 0 bridgehead atoms. The van der Waals surface area contributed by atoms with E-state index in [0.717, 1.165) is 31.7 Å². The molecule has 1 atom stereocenters. The number of carbonyl (C=O) groups is 1. The van der Waals surface area contributed by atoms with Gasteiger partial charge in [-0.1, -0.05) is 30.3 Å². The molecular formula is C24H33FN4O2. The Balaban J connectivity index is 1.44. The van der Waals surface area contributed by atoms with Crippen molar-refractivity contribution in [3.63, 3.8) is 0 Å². The lowest BCUT2D eigenvalue weighted by Crippen LogP contribution is -2.49. The summed E-state index contributed by atoms with van der Waals surface area (Å²) in [6, 6.07) is 15.0. The number of amides is 1. The number of methoxy groups -OCH3 is 1. The largest absolute Gasteiger partial charge is 0.496 e. The van der Waals surface area contributed by atoms with Crippen LogP contribution in [-0.2, 0) is 11.3 Å². The second kappa shape index (κ2) is 11.2. The zero-order valence-electron chi connectivity index (χ0n) is 18.7. The van der Waals surface area contributed by atoms with Crippen LogP contribution in [-0.4, -0.2) is 81.1 Å². The van der Waals surface area contributed by atoms with Crippen molar-refractivity contribution in [2.45, 2.75) is 12.6 Å². The first-order chi connectivity index (χ1) is 15.0. The van der Waals surface area contributed by atoms with E-state index in [-0.39, 0.29) is 17.8 Å². The molecule has 168 valence electrons. The van der Waals surface area contributed by atoms with E-state index in [2.05, 4.69) is 32.1 Å². The third-order valence-corrected chi connectivity index (χ3v) is 5.77. The molecule has 1 aliphatic heterocycles. The number of piperazine rings is 1. The molecule has 0 spiro atoms. The average molecular weight is 429 g/mol. The Morgan fingerprint density at radius 3 is 2.42 bits per heavy atom. The van der Waals surface area contributed by atoms with Gasteiger partial charge in [-0.2, -0.15) is 0 Å². The molecule has 0 aliphatic carbocycles. The highest BCUT2D eigenvalue weighted by molar-refractivity contribution is 5.78. The Hall–Kier alpha value is -2.48. The zero-order chi connectivity index (χ0) is 22.2. The topological polar surface area (TPSA) is 48.1 Å². The molecule has 1 amide bonds. The van der Waals surface area contributed by atoms with Crippen molar-refractivity contribution < 1.29 is 13.9 Å². The molecule has 1 unspecified atom stereocenters. The summed E-state index contributed by atoms with van der Waals surface area (Å²) in [6.45, 7) is 4.89. The lowest BCUT2D eigenvalue weighted by Gasteiger charge is -2.34. The normalized spacial score (nSPS) is 16.3. The smallest absolute Gasteiger partial charge is 0.234 e. The molecule has 1 heterocycles. The minimum Gasteiger partial charge on any atom is -0.496 e. The highest BCUT2D eigenvalue weighted by Crippen LogP contribution is 2.22. The number of hydrogen-bond acceptors (Lipinski definition) is 5. The monoisotopic (exact) mass is 428 g/mol. The van der Waals surface area contributed by atoms with Gasteiger partial charge in [-0.25, -0.2) is 4.39 Å². The van der Waals surface area contributed by atoms with Crippen molar-refractivity contribution >= 4 is 5.91 Å². The van der Waals surface area contributed by atoms with Crippen molar-refractivity contribution in [2.75, 3.05) is 60.5 Å². The Labute approximate surface area is 184 Å². The highest BCUT2D eigenvalue weighted by atomic mass is 19.1. The van der Waals surface area contributed by atoms with Gasteiger partial charge in [0.25, 0.3) is 0 Å². The van der Waals surface area contributed by atoms with Gasteiger partial charge in [-0.15, -0.1) is 0 Å². The highest BCUT2D eigenvalue weighted by Gasteiger charge is 2.21. The maximum absolute atomic E-state index is 13.6. The first kappa shape index (κ1) is 23.2. The third kappa shape index (κ3) is 6.75. The van der Waals surface area contributed by atoms with Crippen LogP contribution >= 0.6 is 0 Å². The van der Waals surface area contributed by atoms with Gasteiger partial charge in [0.2, 0.25) is 5.91 Å². The second-order valence-corrected chi connectivity index (χ2v) is 8.20. The Morgan fingerprint density at radius 1 is 1.10 bits per heavy atom. The standard InChI is InChI=1S/C24H33FN4O2/c1-27(2)22(19-7-5-4-6-8-19)16-26-24(30)18-29-13-11-28(12-14-29)17-20-15-21(25)9-10-23(20)31-3/h4-10,15,22H,11-14,16-18H2,1-3H3,(H,26,30). The van der Waals surface area contributed by atoms with Crippen LogP contribution in [0.5, 0.6) is 5.75 Å². The molecule has 1 saturated heterocycles. The zero-order valence-corrected chi connectivity index (χ0v) is 18.7. The molecule has 2 aromatic carbocycles. The number of carbonyl (C=O) groups excluding carboxylic acids is 1. The van der Waals surface area contributed by atoms with E-state index in [1.165, 1.54) is 17.7 Å². The third-order valence-electron chi connectivity index (χ3n) is 5.77. The van der Waals surface area contributed by atoms with Crippen molar-refractivity contribution in [2.24, 2.45) is 0 Å². The number of likely N-dealkylation sites (N-methyl/N-ethyl adjacent to an activating group) is 1. The Bertz CT molecular complexity index is 839. The van der Waals surface area contributed by atoms with Crippen LogP contribution in [0.15, 0.2) is 48.5 Å². The number of nitrogens with zero attached hydrogens (tertiary/aromatic N) is 3. The minimum absolute atomic E-state index is 0.0445. The summed E-state index contributed by atoms with van der Waals surface area (Å²) in [5.41, 5.74) is 2.04. The summed E-state index contributed by atoms with van der Waals surface area (Å²) < 4.78 is 19.0. The summed E-state index contributed by atoms with van der Waals surface area (Å²) in [5.74, 6) is 0.498. The molecule has 1 aliphatic rings. The number of halogens is 1. The molecule has 1 N–H and O–H groups in total. The van der Waals surface area contributed by atoms with E-state index in [4.69, 9.17) is 4.74 Å². The molecule has 6 nitrogen and oxygen atoms in total. The van der Waals surface area contributed by atoms with Gasteiger partial charge in [0.15, 0.2) is 0 Å². The fourth-order valence-corrected chi connectivity index (χ4v) is 3.96. The summed E-state index contributed by atoms with van der Waals surface area (Å²) in [5, 5.41) is 3.09. The summed E-state index contributed by atoms with van der Waals surface area (Å²) in [7, 11) is 5.65. The van der Waals surface area contributed by atoms with Gasteiger partial charge >= 0.3 is 0 Å². The maximum Gasteiger partial charge on any atom is 0.234 e. The molecule has 7 heteroatoms. The van der Waals surface area contributed by atoms with Crippen molar-refractivity contribution in [3.05, 3.63) is 65.5 Å². The van der Waals surface area contributed by atoms with Crippen LogP contribution in [0.1, 0.15) is 17.2 Å². The van der Waals surface area contributed by atoms with Crippen LogP contribution in [0.25, 0.3) is 0 Å². The fourth-order valence-electron chi connectivity index (χ4n) is 3.96. The number of hydrogen-bond donors (Lipinski definition) is 1. The predicted molar refractivity (Wildman–Crippen MR) is 121 cm³/mol. The molecule has 0 aromatic heterocycles. The van der Waals surface area contributed by atoms with E-state index < -0.39 is 0 Å². The molecule has 31 heavy (non-hydrogen) atoms. The molecule has 2 aromatic rings.